The topological polar surface area (TPSA) is 276 Å². The summed E-state index contributed by atoms with van der Waals surface area (Å²) in [5.74, 6) is 0.411. The number of anilines is 2. The van der Waals surface area contributed by atoms with Crippen molar-refractivity contribution in [2.75, 3.05) is 11.9 Å². The second-order valence-electron chi connectivity index (χ2n) is 8.30. The highest BCUT2D eigenvalue weighted by Crippen LogP contribution is 2.66. The smallest absolute Gasteiger partial charge is 0.387 e. The molecule has 5 rings (SSSR count). The Morgan fingerprint density at radius 3 is 2.49 bits per heavy atom. The first-order valence-electron chi connectivity index (χ1n) is 10.6. The number of hydrogen-bond acceptors (Lipinski definition) is 13. The van der Waals surface area contributed by atoms with Gasteiger partial charge in [-0.05, 0) is 12.1 Å². The number of hydrogen-bond donors (Lipinski definition) is 7. The molecule has 3 unspecified atom stereocenters. The third kappa shape index (κ3) is 5.55. The molecule has 6 atom stereocenters. The summed E-state index contributed by atoms with van der Waals surface area (Å²) in [5.41, 5.74) is 2.62. The number of nitriles is 1. The van der Waals surface area contributed by atoms with E-state index in [2.05, 4.69) is 28.4 Å². The normalized spacial score (nSPS) is 25.4. The van der Waals surface area contributed by atoms with E-state index in [1.165, 1.54) is 10.9 Å². The van der Waals surface area contributed by atoms with Gasteiger partial charge < -0.3 is 44.4 Å². The molecule has 18 nitrogen and oxygen atoms in total. The van der Waals surface area contributed by atoms with Crippen LogP contribution in [-0.4, -0.2) is 69.2 Å². The molecule has 0 spiro atoms. The highest BCUT2D eigenvalue weighted by Gasteiger charge is 2.47. The number of phosphoric ester groups is 1. The lowest BCUT2D eigenvalue weighted by Crippen LogP contribution is -2.33. The Balaban J connectivity index is 1.38. The van der Waals surface area contributed by atoms with Gasteiger partial charge in [-0.25, -0.2) is 23.7 Å². The quantitative estimate of drug-likeness (QED) is 0.138. The van der Waals surface area contributed by atoms with Crippen molar-refractivity contribution in [1.29, 1.82) is 5.26 Å². The molecule has 0 bridgehead atoms. The zero-order valence-corrected chi connectivity index (χ0v) is 21.8. The monoisotopic (exact) mass is 605 g/mol. The molecule has 3 aromatic rings. The molecular weight excluding hydrogens is 587 g/mol. The minimum atomic E-state index is -5.74. The van der Waals surface area contributed by atoms with Crippen molar-refractivity contribution < 1.29 is 61.4 Å². The average Bonchev–Trinajstić information content (AvgIpc) is 3.34. The predicted octanol–water partition coefficient (Wildman–Crippen LogP) is 0.989. The molecule has 2 aliphatic heterocycles. The first-order chi connectivity index (χ1) is 18.2. The molecule has 0 amide bonds. The fourth-order valence-electron chi connectivity index (χ4n) is 4.23. The van der Waals surface area contributed by atoms with Gasteiger partial charge in [0, 0.05) is 23.0 Å². The van der Waals surface area contributed by atoms with Crippen molar-refractivity contribution >= 4 is 46.0 Å². The molecule has 4 heterocycles. The summed E-state index contributed by atoms with van der Waals surface area (Å²) in [5, 5.41) is 34.1. The standard InChI is InChI=1S/C18H18N5O13P3/c19-4-8-1-2-9-10-5-23(17-13(10)16(20-7-21-17)22-11(9)3-8)18-15(25)14(24)12(34-18)6-33-38(29,30)36-39(31,32)35-37(26,27)28/h1-3,5,7,12,14-15,18,24-25H,6H2,(H,29,30)(H,31,32)(H,20,21,22)(H2,26,27,28)/t12-,14+,15?,18-/m1/s1. The lowest BCUT2D eigenvalue weighted by Gasteiger charge is -2.19. The van der Waals surface area contributed by atoms with Crippen molar-refractivity contribution in [3.05, 3.63) is 36.3 Å². The molecule has 0 saturated carbocycles. The highest BCUT2D eigenvalue weighted by molar-refractivity contribution is 7.66. The fourth-order valence-corrected chi connectivity index (χ4v) is 7.25. The van der Waals surface area contributed by atoms with Gasteiger partial charge in [-0.3, -0.25) is 4.52 Å². The number of phosphoric acid groups is 3. The van der Waals surface area contributed by atoms with E-state index in [0.29, 0.717) is 39.2 Å². The Bertz CT molecular complexity index is 1650. The van der Waals surface area contributed by atoms with Crippen molar-refractivity contribution in [3.8, 4) is 17.2 Å². The summed E-state index contributed by atoms with van der Waals surface area (Å²) in [6.45, 7) is -0.966. The molecular formula is C18H18N5O13P3. The van der Waals surface area contributed by atoms with Crippen LogP contribution in [0.15, 0.2) is 30.7 Å². The Morgan fingerprint density at radius 1 is 1.05 bits per heavy atom. The molecule has 0 aliphatic carbocycles. The number of nitrogens with zero attached hydrogens (tertiary/aromatic N) is 4. The second kappa shape index (κ2) is 9.81. The maximum absolute atomic E-state index is 12.0. The van der Waals surface area contributed by atoms with Crippen LogP contribution in [0.1, 0.15) is 11.8 Å². The average molecular weight is 605 g/mol. The van der Waals surface area contributed by atoms with Crippen molar-refractivity contribution in [2.24, 2.45) is 0 Å². The van der Waals surface area contributed by atoms with Crippen molar-refractivity contribution in [1.82, 2.24) is 14.5 Å². The highest BCUT2D eigenvalue weighted by atomic mass is 31.3. The van der Waals surface area contributed by atoms with Gasteiger partial charge in [0.25, 0.3) is 0 Å². The van der Waals surface area contributed by atoms with E-state index < -0.39 is 54.6 Å². The number of rotatable bonds is 8. The zero-order valence-electron chi connectivity index (χ0n) is 19.1. The summed E-state index contributed by atoms with van der Waals surface area (Å²) in [4.78, 5) is 44.6. The van der Waals surface area contributed by atoms with Gasteiger partial charge in [0.2, 0.25) is 0 Å². The van der Waals surface area contributed by atoms with Crippen LogP contribution in [0.25, 0.3) is 22.2 Å². The first kappa shape index (κ1) is 28.0. The number of ether oxygens (including phenoxy) is 1. The lowest BCUT2D eigenvalue weighted by molar-refractivity contribution is -0.0500. The number of fused-ring (bicyclic) bond motifs is 2. The maximum Gasteiger partial charge on any atom is 0.490 e. The van der Waals surface area contributed by atoms with Gasteiger partial charge in [0.05, 0.1) is 23.6 Å². The first-order valence-corrected chi connectivity index (χ1v) is 15.2. The Hall–Kier alpha value is -2.58. The summed E-state index contributed by atoms with van der Waals surface area (Å²) < 4.78 is 53.2. The van der Waals surface area contributed by atoms with Crippen LogP contribution in [0, 0.1) is 11.3 Å². The second-order valence-corrected chi connectivity index (χ2v) is 12.7. The molecule has 1 saturated heterocycles. The third-order valence-corrected chi connectivity index (χ3v) is 9.53. The zero-order chi connectivity index (χ0) is 28.3. The molecule has 39 heavy (non-hydrogen) atoms. The molecule has 2 aliphatic rings. The molecule has 0 radical (unpaired) electrons. The fraction of sp³-hybridized carbons (Fsp3) is 0.278. The van der Waals surface area contributed by atoms with E-state index in [1.54, 1.807) is 24.4 Å². The molecule has 21 heteroatoms. The molecule has 208 valence electrons. The SMILES string of the molecule is N#Cc1ccc2c(c1)Nc1ncnc3c1c-2cn3[C@@H]1O[C@H](COP(=O)(O)OP(=O)(O)OP(=O)(O)O)[C@H](O)C1O. The Kier molecular flexibility index (Phi) is 7.03. The van der Waals surface area contributed by atoms with Gasteiger partial charge in [0.15, 0.2) is 6.23 Å². The van der Waals surface area contributed by atoms with Gasteiger partial charge in [-0.2, -0.15) is 13.9 Å². The van der Waals surface area contributed by atoms with E-state index in [4.69, 9.17) is 14.5 Å². The van der Waals surface area contributed by atoms with Crippen LogP contribution in [0.2, 0.25) is 0 Å². The van der Waals surface area contributed by atoms with Crippen LogP contribution < -0.4 is 5.32 Å². The maximum atomic E-state index is 12.0. The molecule has 1 fully saturated rings. The van der Waals surface area contributed by atoms with Gasteiger partial charge in [-0.15, -0.1) is 0 Å². The van der Waals surface area contributed by atoms with Crippen molar-refractivity contribution in [2.45, 2.75) is 24.5 Å². The van der Waals surface area contributed by atoms with E-state index in [-0.39, 0.29) is 0 Å². The van der Waals surface area contributed by atoms with Crippen LogP contribution in [-0.2, 0) is 31.6 Å². The number of benzene rings is 1. The summed E-state index contributed by atoms with van der Waals surface area (Å²) >= 11 is 0. The minimum absolute atomic E-state index is 0.294. The van der Waals surface area contributed by atoms with Crippen LogP contribution in [0.3, 0.4) is 0 Å². The van der Waals surface area contributed by atoms with Crippen molar-refractivity contribution in [3.63, 3.8) is 0 Å². The van der Waals surface area contributed by atoms with Crippen LogP contribution in [0.5, 0.6) is 0 Å². The number of aromatic nitrogens is 3. The van der Waals surface area contributed by atoms with Gasteiger partial charge in [-0.1, -0.05) is 6.07 Å². The Labute approximate surface area is 217 Å². The predicted molar refractivity (Wildman–Crippen MR) is 127 cm³/mol. The summed E-state index contributed by atoms with van der Waals surface area (Å²) in [6.07, 6.45) is -3.26. The summed E-state index contributed by atoms with van der Waals surface area (Å²) in [7, 11) is -16.8. The van der Waals surface area contributed by atoms with E-state index in [9.17, 15) is 39.0 Å². The van der Waals surface area contributed by atoms with E-state index >= 15 is 0 Å². The van der Waals surface area contributed by atoms with Crippen LogP contribution in [0.4, 0.5) is 11.5 Å². The molecule has 2 aromatic heterocycles. The minimum Gasteiger partial charge on any atom is -0.387 e. The largest absolute Gasteiger partial charge is 0.490 e. The molecule has 7 N–H and O–H groups in total. The van der Waals surface area contributed by atoms with Gasteiger partial charge in [0.1, 0.15) is 36.1 Å². The summed E-state index contributed by atoms with van der Waals surface area (Å²) in [6, 6.07) is 7.00. The molecule has 1 aromatic carbocycles. The number of nitrogens with one attached hydrogen (secondary N) is 1. The van der Waals surface area contributed by atoms with Crippen LogP contribution >= 0.6 is 23.5 Å². The number of aliphatic hydroxyl groups excluding tert-OH is 2. The lowest BCUT2D eigenvalue weighted by atomic mass is 9.99. The van der Waals surface area contributed by atoms with E-state index in [1.807, 2.05) is 6.07 Å². The van der Waals surface area contributed by atoms with Gasteiger partial charge >= 0.3 is 23.5 Å². The third-order valence-electron chi connectivity index (χ3n) is 5.73. The number of aliphatic hydroxyl groups is 2. The van der Waals surface area contributed by atoms with E-state index in [0.717, 1.165) is 0 Å². The Morgan fingerprint density at radius 2 is 1.79 bits per heavy atom.